The van der Waals surface area contributed by atoms with Gasteiger partial charge >= 0.3 is 0 Å². The van der Waals surface area contributed by atoms with Crippen molar-refractivity contribution in [2.24, 2.45) is 0 Å². The Balaban J connectivity index is 1.83. The number of fused-ring (bicyclic) bond motifs is 1. The zero-order valence-electron chi connectivity index (χ0n) is 10.5. The maximum Gasteiger partial charge on any atom is 0.122 e. The number of hydrogen-bond acceptors (Lipinski definition) is 2. The minimum atomic E-state index is 0.681. The molecule has 17 heavy (non-hydrogen) atoms. The molecule has 0 saturated heterocycles. The summed E-state index contributed by atoms with van der Waals surface area (Å²) in [6.07, 6.45) is 5.10. The molecule has 1 heterocycles. The molecule has 1 saturated carbocycles. The first kappa shape index (κ1) is 11.1. The van der Waals surface area contributed by atoms with Crippen LogP contribution in [0.2, 0.25) is 0 Å². The number of hydrogen-bond donors (Lipinski definition) is 1. The third-order valence-corrected chi connectivity index (χ3v) is 4.12. The van der Waals surface area contributed by atoms with Crippen molar-refractivity contribution in [1.82, 2.24) is 5.32 Å². The first-order valence-corrected chi connectivity index (χ1v) is 6.87. The molecule has 1 N–H and O–H groups in total. The van der Waals surface area contributed by atoms with Gasteiger partial charge in [-0.15, -0.1) is 0 Å². The molecule has 2 heteroatoms. The Morgan fingerprint density at radius 2 is 2.29 bits per heavy atom. The van der Waals surface area contributed by atoms with E-state index in [-0.39, 0.29) is 0 Å². The second-order valence-corrected chi connectivity index (χ2v) is 5.17. The van der Waals surface area contributed by atoms with Crippen LogP contribution < -0.4 is 10.1 Å². The van der Waals surface area contributed by atoms with Crippen LogP contribution in [0, 0.1) is 0 Å². The quantitative estimate of drug-likeness (QED) is 0.863. The topological polar surface area (TPSA) is 21.3 Å². The van der Waals surface area contributed by atoms with Crippen LogP contribution in [0.15, 0.2) is 18.2 Å². The summed E-state index contributed by atoms with van der Waals surface area (Å²) in [4.78, 5) is 0. The van der Waals surface area contributed by atoms with E-state index in [9.17, 15) is 0 Å². The number of likely N-dealkylation sites (N-methyl/N-ethyl adjacent to an activating group) is 1. The molecular weight excluding hydrogens is 210 g/mol. The molecular formula is C15H21NO. The standard InChI is InChI=1S/C15H21NO/c1-2-16-14-5-3-4-13(14)11-6-7-15-12(10-11)8-9-17-15/h6-7,10,13-14,16H,2-5,8-9H2,1H3. The third-order valence-electron chi connectivity index (χ3n) is 4.12. The van der Waals surface area contributed by atoms with Gasteiger partial charge in [-0.25, -0.2) is 0 Å². The summed E-state index contributed by atoms with van der Waals surface area (Å²) in [6.45, 7) is 4.14. The van der Waals surface area contributed by atoms with Crippen molar-refractivity contribution in [3.8, 4) is 5.75 Å². The molecule has 2 atom stereocenters. The van der Waals surface area contributed by atoms with Crippen LogP contribution in [-0.4, -0.2) is 19.2 Å². The molecule has 1 aromatic carbocycles. The predicted octanol–water partition coefficient (Wildman–Crippen LogP) is 2.87. The first-order valence-electron chi connectivity index (χ1n) is 6.87. The summed E-state index contributed by atoms with van der Waals surface area (Å²) in [7, 11) is 0. The van der Waals surface area contributed by atoms with Crippen molar-refractivity contribution in [1.29, 1.82) is 0 Å². The highest BCUT2D eigenvalue weighted by Gasteiger charge is 2.28. The van der Waals surface area contributed by atoms with Crippen molar-refractivity contribution in [2.75, 3.05) is 13.2 Å². The van der Waals surface area contributed by atoms with Crippen molar-refractivity contribution in [2.45, 2.75) is 44.6 Å². The van der Waals surface area contributed by atoms with Gasteiger partial charge in [0.2, 0.25) is 0 Å². The minimum absolute atomic E-state index is 0.681. The van der Waals surface area contributed by atoms with E-state index in [0.29, 0.717) is 12.0 Å². The van der Waals surface area contributed by atoms with Crippen molar-refractivity contribution in [3.63, 3.8) is 0 Å². The van der Waals surface area contributed by atoms with Gasteiger partial charge in [-0.3, -0.25) is 0 Å². The van der Waals surface area contributed by atoms with Crippen LogP contribution in [0.3, 0.4) is 0 Å². The van der Waals surface area contributed by atoms with Gasteiger partial charge in [-0.05, 0) is 42.5 Å². The van der Waals surface area contributed by atoms with E-state index in [1.54, 1.807) is 0 Å². The summed E-state index contributed by atoms with van der Waals surface area (Å²) in [5.74, 6) is 1.81. The van der Waals surface area contributed by atoms with E-state index in [1.807, 2.05) is 0 Å². The first-order chi connectivity index (χ1) is 8.38. The molecule has 92 valence electrons. The Kier molecular flexibility index (Phi) is 3.06. The lowest BCUT2D eigenvalue weighted by Crippen LogP contribution is -2.30. The van der Waals surface area contributed by atoms with Crippen LogP contribution >= 0.6 is 0 Å². The maximum absolute atomic E-state index is 5.57. The van der Waals surface area contributed by atoms with Gasteiger partial charge in [0.15, 0.2) is 0 Å². The Morgan fingerprint density at radius 1 is 1.35 bits per heavy atom. The van der Waals surface area contributed by atoms with Crippen molar-refractivity contribution in [3.05, 3.63) is 29.3 Å². The van der Waals surface area contributed by atoms with Gasteiger partial charge in [0, 0.05) is 12.5 Å². The largest absolute Gasteiger partial charge is 0.493 e. The smallest absolute Gasteiger partial charge is 0.122 e. The van der Waals surface area contributed by atoms with Gasteiger partial charge < -0.3 is 10.1 Å². The molecule has 2 aliphatic rings. The van der Waals surface area contributed by atoms with E-state index >= 15 is 0 Å². The van der Waals surface area contributed by atoms with Gasteiger partial charge in [0.25, 0.3) is 0 Å². The van der Waals surface area contributed by atoms with Crippen LogP contribution in [0.4, 0.5) is 0 Å². The van der Waals surface area contributed by atoms with E-state index in [4.69, 9.17) is 4.74 Å². The average Bonchev–Trinajstić information content (AvgIpc) is 2.96. The number of nitrogens with one attached hydrogen (secondary N) is 1. The normalized spacial score (nSPS) is 26.9. The average molecular weight is 231 g/mol. The molecule has 0 bridgehead atoms. The molecule has 0 amide bonds. The lowest BCUT2D eigenvalue weighted by molar-refractivity contribution is 0.356. The summed E-state index contributed by atoms with van der Waals surface area (Å²) in [5, 5.41) is 3.63. The second kappa shape index (κ2) is 4.69. The minimum Gasteiger partial charge on any atom is -0.493 e. The highest BCUT2D eigenvalue weighted by Crippen LogP contribution is 2.37. The molecule has 1 aliphatic carbocycles. The van der Waals surface area contributed by atoms with Crippen LogP contribution in [-0.2, 0) is 6.42 Å². The highest BCUT2D eigenvalue weighted by atomic mass is 16.5. The Labute approximate surface area is 103 Å². The third kappa shape index (κ3) is 2.06. The monoisotopic (exact) mass is 231 g/mol. The predicted molar refractivity (Wildman–Crippen MR) is 69.7 cm³/mol. The summed E-state index contributed by atoms with van der Waals surface area (Å²) in [6, 6.07) is 7.49. The lowest BCUT2D eigenvalue weighted by atomic mass is 9.92. The van der Waals surface area contributed by atoms with E-state index in [0.717, 1.165) is 25.3 Å². The maximum atomic E-state index is 5.57. The lowest BCUT2D eigenvalue weighted by Gasteiger charge is -2.21. The van der Waals surface area contributed by atoms with Crippen molar-refractivity contribution >= 4 is 0 Å². The second-order valence-electron chi connectivity index (χ2n) is 5.17. The van der Waals surface area contributed by atoms with Crippen molar-refractivity contribution < 1.29 is 4.74 Å². The van der Waals surface area contributed by atoms with E-state index in [1.165, 1.54) is 30.4 Å². The summed E-state index contributed by atoms with van der Waals surface area (Å²) >= 11 is 0. The zero-order chi connectivity index (χ0) is 11.7. The summed E-state index contributed by atoms with van der Waals surface area (Å²) < 4.78 is 5.57. The number of benzene rings is 1. The molecule has 3 rings (SSSR count). The highest BCUT2D eigenvalue weighted by molar-refractivity contribution is 5.41. The summed E-state index contributed by atoms with van der Waals surface area (Å²) in [5.41, 5.74) is 2.92. The van der Waals surface area contributed by atoms with Gasteiger partial charge in [-0.1, -0.05) is 25.5 Å². The van der Waals surface area contributed by atoms with Gasteiger partial charge in [-0.2, -0.15) is 0 Å². The molecule has 2 unspecified atom stereocenters. The fourth-order valence-corrected chi connectivity index (χ4v) is 3.30. The Hall–Kier alpha value is -1.02. The molecule has 0 spiro atoms. The van der Waals surface area contributed by atoms with Gasteiger partial charge in [0.1, 0.15) is 5.75 Å². The van der Waals surface area contributed by atoms with Crippen LogP contribution in [0.5, 0.6) is 5.75 Å². The Morgan fingerprint density at radius 3 is 3.18 bits per heavy atom. The fraction of sp³-hybridized carbons (Fsp3) is 0.600. The van der Waals surface area contributed by atoms with E-state index < -0.39 is 0 Å². The molecule has 1 fully saturated rings. The SMILES string of the molecule is CCNC1CCCC1c1ccc2c(c1)CCO2. The Bertz CT molecular complexity index is 402. The van der Waals surface area contributed by atoms with Crippen LogP contribution in [0.25, 0.3) is 0 Å². The molecule has 2 nitrogen and oxygen atoms in total. The molecule has 1 aliphatic heterocycles. The van der Waals surface area contributed by atoms with Crippen LogP contribution in [0.1, 0.15) is 43.2 Å². The van der Waals surface area contributed by atoms with Gasteiger partial charge in [0.05, 0.1) is 6.61 Å². The molecule has 0 aromatic heterocycles. The molecule has 0 radical (unpaired) electrons. The van der Waals surface area contributed by atoms with E-state index in [2.05, 4.69) is 30.4 Å². The zero-order valence-corrected chi connectivity index (χ0v) is 10.5. The fourth-order valence-electron chi connectivity index (χ4n) is 3.30. The number of rotatable bonds is 3. The molecule has 1 aromatic rings. The number of ether oxygens (including phenoxy) is 1.